The van der Waals surface area contributed by atoms with Gasteiger partial charge in [0.15, 0.2) is 0 Å². The van der Waals surface area contributed by atoms with E-state index in [0.29, 0.717) is 91.5 Å². The summed E-state index contributed by atoms with van der Waals surface area (Å²) in [7, 11) is 0. The van der Waals surface area contributed by atoms with Crippen molar-refractivity contribution in [1.29, 1.82) is 0 Å². The number of rotatable bonds is 12. The Morgan fingerprint density at radius 1 is 0.375 bits per heavy atom. The van der Waals surface area contributed by atoms with Crippen LogP contribution in [-0.2, 0) is 18.9 Å². The highest BCUT2D eigenvalue weighted by molar-refractivity contribution is 6.35. The van der Waals surface area contributed by atoms with Gasteiger partial charge in [-0.25, -0.2) is 19.2 Å². The maximum atomic E-state index is 11.8. The average Bonchev–Trinajstić information content (AvgIpc) is 3.37. The zero-order valence-electron chi connectivity index (χ0n) is 40.5. The predicted molar refractivity (Wildman–Crippen MR) is 287 cm³/mol. The quantitative estimate of drug-likeness (QED) is 0.0374. The van der Waals surface area contributed by atoms with Crippen molar-refractivity contribution < 1.29 is 38.1 Å². The molecule has 4 unspecified atom stereocenters. The summed E-state index contributed by atoms with van der Waals surface area (Å²) in [6, 6.07) is 20.2. The lowest BCUT2D eigenvalue weighted by Crippen LogP contribution is -2.38. The van der Waals surface area contributed by atoms with Gasteiger partial charge in [-0.1, -0.05) is 72.1 Å². The molecule has 12 N–H and O–H groups in total. The van der Waals surface area contributed by atoms with Crippen LogP contribution in [0.5, 0.6) is 0 Å². The number of carbonyl (C=O) groups excluding carboxylic acids is 4. The smallest absolute Gasteiger partial charge is 0.339 e. The van der Waals surface area contributed by atoms with Gasteiger partial charge in [0.25, 0.3) is 0 Å². The Balaban J connectivity index is 0.000000178. The van der Waals surface area contributed by atoms with Gasteiger partial charge in [-0.05, 0) is 150 Å². The van der Waals surface area contributed by atoms with Gasteiger partial charge in [0.2, 0.25) is 0 Å². The largest absolute Gasteiger partial charge is 0.460 e. The summed E-state index contributed by atoms with van der Waals surface area (Å²) in [5, 5.41) is 14.6. The summed E-state index contributed by atoms with van der Waals surface area (Å²) < 4.78 is 21.0. The van der Waals surface area contributed by atoms with E-state index >= 15 is 0 Å². The number of esters is 4. The summed E-state index contributed by atoms with van der Waals surface area (Å²) in [6.07, 6.45) is 13.6. The van der Waals surface area contributed by atoms with Crippen LogP contribution in [0.4, 0.5) is 22.7 Å². The lowest BCUT2D eigenvalue weighted by atomic mass is 10.1. The number of benzene rings is 4. The number of anilines is 4. The Hall–Kier alpha value is -5.04. The number of nitrogen functional groups attached to an aromatic ring is 4. The van der Waals surface area contributed by atoms with Crippen molar-refractivity contribution in [2.75, 3.05) is 75.5 Å². The van der Waals surface area contributed by atoms with E-state index in [-0.39, 0.29) is 24.2 Å². The summed E-state index contributed by atoms with van der Waals surface area (Å²) in [5.74, 6) is -1.58. The average molecular weight is 1070 g/mol. The Morgan fingerprint density at radius 2 is 0.583 bits per heavy atom. The van der Waals surface area contributed by atoms with Gasteiger partial charge in [-0.15, -0.1) is 0 Å². The van der Waals surface area contributed by atoms with Gasteiger partial charge in [-0.2, -0.15) is 0 Å². The normalized spacial score (nSPS) is 19.5. The van der Waals surface area contributed by atoms with Crippen molar-refractivity contribution in [3.63, 3.8) is 0 Å². The summed E-state index contributed by atoms with van der Waals surface area (Å²) in [6.45, 7) is 5.52. The fourth-order valence-corrected chi connectivity index (χ4v) is 9.13. The Bertz CT molecular complexity index is 2050. The molecule has 4 aromatic rings. The molecule has 0 saturated carbocycles. The molecule has 0 spiro atoms. The van der Waals surface area contributed by atoms with Crippen LogP contribution in [0.3, 0.4) is 0 Å². The molecule has 0 aliphatic carbocycles. The van der Waals surface area contributed by atoms with Crippen molar-refractivity contribution in [3.8, 4) is 0 Å². The third-order valence-corrected chi connectivity index (χ3v) is 13.4. The summed E-state index contributed by atoms with van der Waals surface area (Å²) >= 11 is 23.8. The minimum Gasteiger partial charge on any atom is -0.460 e. The van der Waals surface area contributed by atoms with Crippen molar-refractivity contribution in [1.82, 2.24) is 21.3 Å². The van der Waals surface area contributed by atoms with Crippen LogP contribution < -0.4 is 44.2 Å². The number of hydrogen-bond acceptors (Lipinski definition) is 16. The topological polar surface area (TPSA) is 257 Å². The monoisotopic (exact) mass is 1070 g/mol. The number of nitrogens with two attached hydrogens (primary N) is 4. The first kappa shape index (κ1) is 57.9. The van der Waals surface area contributed by atoms with Gasteiger partial charge < -0.3 is 63.1 Å². The highest BCUT2D eigenvalue weighted by Gasteiger charge is 2.21. The molecule has 4 aliphatic heterocycles. The van der Waals surface area contributed by atoms with Crippen molar-refractivity contribution in [2.24, 2.45) is 0 Å². The molecule has 4 aromatic carbocycles. The van der Waals surface area contributed by atoms with E-state index < -0.39 is 23.9 Å². The molecule has 72 heavy (non-hydrogen) atoms. The van der Waals surface area contributed by atoms with E-state index in [9.17, 15) is 19.2 Å². The molecular formula is C52H68Cl4N8O8. The van der Waals surface area contributed by atoms with Gasteiger partial charge in [-0.3, -0.25) is 0 Å². The number of hydrogen-bond donors (Lipinski definition) is 8. The maximum Gasteiger partial charge on any atom is 0.339 e. The molecule has 20 heteroatoms. The molecule has 0 aromatic heterocycles. The van der Waals surface area contributed by atoms with E-state index in [0.717, 1.165) is 51.9 Å². The third-order valence-electron chi connectivity index (χ3n) is 12.2. The standard InChI is InChI=1S/4C13H17ClN2O2/c4*14-12-7-9(15)4-5-11(12)13(17)18-8-10-3-1-2-6-16-10/h4*4-5,7,10,16H,1-3,6,8,15H2. The van der Waals surface area contributed by atoms with E-state index in [1.165, 1.54) is 51.4 Å². The second kappa shape index (κ2) is 30.9. The molecule has 4 fully saturated rings. The van der Waals surface area contributed by atoms with Crippen molar-refractivity contribution in [3.05, 3.63) is 115 Å². The molecule has 0 amide bonds. The SMILES string of the molecule is Nc1ccc(C(=O)OCC2CCCCN2)c(Cl)c1.Nc1ccc(C(=O)OCC2CCCCN2)c(Cl)c1.Nc1ccc(C(=O)OCC2CCCCN2)c(Cl)c1.Nc1ccc(C(=O)OCC2CCCCN2)c(Cl)c1. The Kier molecular flexibility index (Phi) is 24.8. The molecule has 8 rings (SSSR count). The highest BCUT2D eigenvalue weighted by Crippen LogP contribution is 2.24. The van der Waals surface area contributed by atoms with Gasteiger partial charge in [0.05, 0.1) is 42.3 Å². The first-order valence-electron chi connectivity index (χ1n) is 24.5. The van der Waals surface area contributed by atoms with Crippen molar-refractivity contribution in [2.45, 2.75) is 101 Å². The van der Waals surface area contributed by atoms with E-state index in [4.69, 9.17) is 88.3 Å². The molecule has 392 valence electrons. The van der Waals surface area contributed by atoms with Crippen LogP contribution in [0, 0.1) is 0 Å². The number of halogens is 4. The number of nitrogens with one attached hydrogen (secondary N) is 4. The molecule has 4 saturated heterocycles. The van der Waals surface area contributed by atoms with Crippen LogP contribution in [-0.4, -0.2) is 101 Å². The van der Waals surface area contributed by atoms with Crippen LogP contribution in [0.1, 0.15) is 118 Å². The fourth-order valence-electron chi connectivity index (χ4n) is 8.07. The lowest BCUT2D eigenvalue weighted by Gasteiger charge is -2.23. The van der Waals surface area contributed by atoms with Gasteiger partial charge >= 0.3 is 23.9 Å². The molecule has 4 aliphatic rings. The van der Waals surface area contributed by atoms with E-state index in [1.807, 2.05) is 0 Å². The number of carbonyl (C=O) groups is 4. The number of piperidine rings is 4. The second-order valence-corrected chi connectivity index (χ2v) is 19.6. The Labute approximate surface area is 442 Å². The van der Waals surface area contributed by atoms with E-state index in [2.05, 4.69) is 21.3 Å². The Morgan fingerprint density at radius 3 is 0.750 bits per heavy atom. The first-order valence-corrected chi connectivity index (χ1v) is 26.0. The fraction of sp³-hybridized carbons (Fsp3) is 0.462. The molecule has 0 bridgehead atoms. The first-order chi connectivity index (χ1) is 34.7. The lowest BCUT2D eigenvalue weighted by molar-refractivity contribution is 0.0443. The molecule has 4 heterocycles. The van der Waals surface area contributed by atoms with Crippen LogP contribution in [0.15, 0.2) is 72.8 Å². The summed E-state index contributed by atoms with van der Waals surface area (Å²) in [5.41, 5.74) is 25.9. The van der Waals surface area contributed by atoms with Crippen LogP contribution in [0.25, 0.3) is 0 Å². The van der Waals surface area contributed by atoms with Gasteiger partial charge in [0, 0.05) is 46.9 Å². The van der Waals surface area contributed by atoms with Crippen LogP contribution >= 0.6 is 46.4 Å². The molecule has 16 nitrogen and oxygen atoms in total. The maximum absolute atomic E-state index is 11.8. The van der Waals surface area contributed by atoms with E-state index in [1.54, 1.807) is 72.8 Å². The second-order valence-electron chi connectivity index (χ2n) is 17.9. The minimum atomic E-state index is -0.396. The zero-order valence-corrected chi connectivity index (χ0v) is 43.5. The molecule has 4 atom stereocenters. The van der Waals surface area contributed by atoms with Gasteiger partial charge in [0.1, 0.15) is 26.4 Å². The minimum absolute atomic E-state index is 0.259. The molecule has 0 radical (unpaired) electrons. The third kappa shape index (κ3) is 20.1. The summed E-state index contributed by atoms with van der Waals surface area (Å²) in [4.78, 5) is 47.4. The number of ether oxygens (including phenoxy) is 4. The predicted octanol–water partition coefficient (Wildman–Crippen LogP) is 8.88. The van der Waals surface area contributed by atoms with Crippen LogP contribution in [0.2, 0.25) is 20.1 Å². The zero-order chi connectivity index (χ0) is 51.8. The van der Waals surface area contributed by atoms with Crippen molar-refractivity contribution >= 4 is 93.0 Å². The molecular weight excluding hydrogens is 1010 g/mol. The highest BCUT2D eigenvalue weighted by atomic mass is 35.5.